The SMILES string of the molecule is CCCc1oc(CNCCN2CCN(c3ccc(C)cc3)CC2)nc1-c1ccccc1. The van der Waals surface area contributed by atoms with E-state index in [0.717, 1.165) is 75.0 Å². The van der Waals surface area contributed by atoms with Gasteiger partial charge in [-0.3, -0.25) is 4.90 Å². The van der Waals surface area contributed by atoms with Crippen LogP contribution in [0, 0.1) is 6.92 Å². The maximum Gasteiger partial charge on any atom is 0.208 e. The molecule has 0 saturated carbocycles. The lowest BCUT2D eigenvalue weighted by Crippen LogP contribution is -2.48. The van der Waals surface area contributed by atoms with Crippen molar-refractivity contribution in [3.63, 3.8) is 0 Å². The molecule has 3 aromatic rings. The molecule has 0 radical (unpaired) electrons. The smallest absolute Gasteiger partial charge is 0.208 e. The quantitative estimate of drug-likeness (QED) is 0.518. The summed E-state index contributed by atoms with van der Waals surface area (Å²) in [7, 11) is 0. The van der Waals surface area contributed by atoms with E-state index in [9.17, 15) is 0 Å². The first-order valence-corrected chi connectivity index (χ1v) is 11.5. The number of aryl methyl sites for hydroxylation is 2. The first kappa shape index (κ1) is 21.6. The van der Waals surface area contributed by atoms with E-state index < -0.39 is 0 Å². The largest absolute Gasteiger partial charge is 0.444 e. The van der Waals surface area contributed by atoms with E-state index in [1.807, 2.05) is 6.07 Å². The predicted molar refractivity (Wildman–Crippen MR) is 127 cm³/mol. The van der Waals surface area contributed by atoms with Gasteiger partial charge in [-0.15, -0.1) is 0 Å². The number of benzene rings is 2. The van der Waals surface area contributed by atoms with Crippen LogP contribution in [0.25, 0.3) is 11.3 Å². The molecule has 1 fully saturated rings. The minimum atomic E-state index is 0.673. The summed E-state index contributed by atoms with van der Waals surface area (Å²) in [5, 5.41) is 3.52. The van der Waals surface area contributed by atoms with Gasteiger partial charge >= 0.3 is 0 Å². The van der Waals surface area contributed by atoms with E-state index >= 15 is 0 Å². The van der Waals surface area contributed by atoms with Crippen LogP contribution in [0.5, 0.6) is 0 Å². The van der Waals surface area contributed by atoms with Crippen molar-refractivity contribution in [2.45, 2.75) is 33.2 Å². The monoisotopic (exact) mass is 418 g/mol. The van der Waals surface area contributed by atoms with Crippen LogP contribution >= 0.6 is 0 Å². The molecule has 2 heterocycles. The van der Waals surface area contributed by atoms with Gasteiger partial charge < -0.3 is 14.6 Å². The zero-order chi connectivity index (χ0) is 21.5. The molecule has 0 aliphatic carbocycles. The Balaban J connectivity index is 1.23. The third-order valence-electron chi connectivity index (χ3n) is 5.92. The highest BCUT2D eigenvalue weighted by molar-refractivity contribution is 5.61. The van der Waals surface area contributed by atoms with Gasteiger partial charge in [0.2, 0.25) is 5.89 Å². The van der Waals surface area contributed by atoms with E-state index in [0.29, 0.717) is 6.54 Å². The Morgan fingerprint density at radius 3 is 2.42 bits per heavy atom. The van der Waals surface area contributed by atoms with Crippen molar-refractivity contribution in [2.24, 2.45) is 0 Å². The Bertz CT molecular complexity index is 928. The van der Waals surface area contributed by atoms with Gasteiger partial charge in [0.05, 0.1) is 6.54 Å². The van der Waals surface area contributed by atoms with Crippen molar-refractivity contribution in [1.82, 2.24) is 15.2 Å². The number of hydrogen-bond donors (Lipinski definition) is 1. The molecule has 1 aliphatic heterocycles. The van der Waals surface area contributed by atoms with Crippen LogP contribution in [0.1, 0.15) is 30.6 Å². The zero-order valence-corrected chi connectivity index (χ0v) is 18.8. The van der Waals surface area contributed by atoms with Crippen LogP contribution in [0.4, 0.5) is 5.69 Å². The van der Waals surface area contributed by atoms with Crippen molar-refractivity contribution in [2.75, 3.05) is 44.2 Å². The normalized spacial score (nSPS) is 14.8. The van der Waals surface area contributed by atoms with Gasteiger partial charge in [0.25, 0.3) is 0 Å². The molecular weight excluding hydrogens is 384 g/mol. The van der Waals surface area contributed by atoms with Gasteiger partial charge in [0.1, 0.15) is 11.5 Å². The van der Waals surface area contributed by atoms with Gasteiger partial charge in [-0.05, 0) is 25.5 Å². The second kappa shape index (κ2) is 10.6. The Morgan fingerprint density at radius 2 is 1.71 bits per heavy atom. The van der Waals surface area contributed by atoms with Gasteiger partial charge in [0.15, 0.2) is 0 Å². The summed E-state index contributed by atoms with van der Waals surface area (Å²) in [6.45, 7) is 11.4. The summed E-state index contributed by atoms with van der Waals surface area (Å²) < 4.78 is 6.08. The molecule has 0 atom stereocenters. The number of hydrogen-bond acceptors (Lipinski definition) is 5. The fourth-order valence-corrected chi connectivity index (χ4v) is 4.11. The number of piperazine rings is 1. The highest BCUT2D eigenvalue weighted by Crippen LogP contribution is 2.25. The van der Waals surface area contributed by atoms with Crippen molar-refractivity contribution in [1.29, 1.82) is 0 Å². The molecule has 1 saturated heterocycles. The fraction of sp³-hybridized carbons (Fsp3) is 0.423. The van der Waals surface area contributed by atoms with Crippen molar-refractivity contribution in [3.05, 3.63) is 71.8 Å². The molecule has 1 aliphatic rings. The minimum absolute atomic E-state index is 0.673. The lowest BCUT2D eigenvalue weighted by Gasteiger charge is -2.36. The number of oxazole rings is 1. The second-order valence-corrected chi connectivity index (χ2v) is 8.34. The third-order valence-corrected chi connectivity index (χ3v) is 5.92. The van der Waals surface area contributed by atoms with E-state index in [1.54, 1.807) is 0 Å². The van der Waals surface area contributed by atoms with Crippen molar-refractivity contribution in [3.8, 4) is 11.3 Å². The van der Waals surface area contributed by atoms with Crippen LogP contribution in [-0.4, -0.2) is 49.2 Å². The second-order valence-electron chi connectivity index (χ2n) is 8.34. The number of aromatic nitrogens is 1. The van der Waals surface area contributed by atoms with Crippen molar-refractivity contribution >= 4 is 5.69 Å². The summed E-state index contributed by atoms with van der Waals surface area (Å²) in [4.78, 5) is 9.80. The molecule has 2 aromatic carbocycles. The Morgan fingerprint density at radius 1 is 0.968 bits per heavy atom. The minimum Gasteiger partial charge on any atom is -0.444 e. The number of nitrogens with one attached hydrogen (secondary N) is 1. The van der Waals surface area contributed by atoms with E-state index in [2.05, 4.69) is 77.5 Å². The van der Waals surface area contributed by atoms with Crippen LogP contribution in [0.15, 0.2) is 59.0 Å². The average molecular weight is 419 g/mol. The van der Waals surface area contributed by atoms with Gasteiger partial charge in [0, 0.05) is 56.9 Å². The van der Waals surface area contributed by atoms with Crippen LogP contribution in [0.3, 0.4) is 0 Å². The number of anilines is 1. The van der Waals surface area contributed by atoms with E-state index in [-0.39, 0.29) is 0 Å². The van der Waals surface area contributed by atoms with E-state index in [4.69, 9.17) is 9.40 Å². The molecule has 5 nitrogen and oxygen atoms in total. The first-order valence-electron chi connectivity index (χ1n) is 11.5. The molecule has 5 heteroatoms. The Labute approximate surface area is 186 Å². The molecule has 1 N–H and O–H groups in total. The molecule has 0 amide bonds. The molecule has 0 bridgehead atoms. The standard InChI is InChI=1S/C26H34N4O/c1-3-7-24-26(22-8-5-4-6-9-22)28-25(31-24)20-27-14-15-29-16-18-30(19-17-29)23-12-10-21(2)11-13-23/h4-6,8-13,27H,3,7,14-20H2,1-2H3. The highest BCUT2D eigenvalue weighted by Gasteiger charge is 2.17. The number of rotatable bonds is 9. The molecule has 4 rings (SSSR count). The van der Waals surface area contributed by atoms with Gasteiger partial charge in [-0.2, -0.15) is 0 Å². The lowest BCUT2D eigenvalue weighted by atomic mass is 10.1. The fourth-order valence-electron chi connectivity index (χ4n) is 4.11. The summed E-state index contributed by atoms with van der Waals surface area (Å²) >= 11 is 0. The molecule has 0 unspecified atom stereocenters. The Kier molecular flexibility index (Phi) is 7.39. The lowest BCUT2D eigenvalue weighted by molar-refractivity contribution is 0.256. The van der Waals surface area contributed by atoms with Crippen LogP contribution < -0.4 is 10.2 Å². The highest BCUT2D eigenvalue weighted by atomic mass is 16.4. The average Bonchev–Trinajstić information content (AvgIpc) is 3.21. The van der Waals surface area contributed by atoms with Crippen LogP contribution in [0.2, 0.25) is 0 Å². The van der Waals surface area contributed by atoms with Gasteiger partial charge in [-0.25, -0.2) is 4.98 Å². The zero-order valence-electron chi connectivity index (χ0n) is 18.8. The maximum absolute atomic E-state index is 6.08. The molecule has 31 heavy (non-hydrogen) atoms. The summed E-state index contributed by atoms with van der Waals surface area (Å²) in [6.07, 6.45) is 1.97. The molecule has 0 spiro atoms. The predicted octanol–water partition coefficient (Wildman–Crippen LogP) is 4.51. The third kappa shape index (κ3) is 5.75. The number of nitrogens with zero attached hydrogens (tertiary/aromatic N) is 3. The van der Waals surface area contributed by atoms with Crippen molar-refractivity contribution < 1.29 is 4.42 Å². The summed E-state index contributed by atoms with van der Waals surface area (Å²) in [5.74, 6) is 1.78. The molecular formula is C26H34N4O. The molecule has 164 valence electrons. The van der Waals surface area contributed by atoms with Crippen LogP contribution in [-0.2, 0) is 13.0 Å². The summed E-state index contributed by atoms with van der Waals surface area (Å²) in [6, 6.07) is 19.2. The summed E-state index contributed by atoms with van der Waals surface area (Å²) in [5.41, 5.74) is 4.78. The Hall–Kier alpha value is -2.63. The first-order chi connectivity index (χ1) is 15.2. The molecule has 1 aromatic heterocycles. The topological polar surface area (TPSA) is 44.5 Å². The van der Waals surface area contributed by atoms with E-state index in [1.165, 1.54) is 11.3 Å². The van der Waals surface area contributed by atoms with Gasteiger partial charge in [-0.1, -0.05) is 55.0 Å². The maximum atomic E-state index is 6.08.